The van der Waals surface area contributed by atoms with Gasteiger partial charge in [0.2, 0.25) is 0 Å². The molecule has 0 aliphatic rings. The maximum Gasteiger partial charge on any atom is 0.335 e. The van der Waals surface area contributed by atoms with Gasteiger partial charge in [-0.05, 0) is 41.5 Å². The van der Waals surface area contributed by atoms with Gasteiger partial charge in [0.05, 0.1) is 17.5 Å². The molecule has 0 atom stereocenters. The Morgan fingerprint density at radius 2 is 1.81 bits per heavy atom. The molecular weight excluding hydrogens is 328 g/mol. The highest BCUT2D eigenvalue weighted by Crippen LogP contribution is 2.15. The van der Waals surface area contributed by atoms with Crippen LogP contribution in [-0.4, -0.2) is 17.3 Å². The molecule has 3 aromatic rings. The number of carbonyl (C=O) groups is 1. The van der Waals surface area contributed by atoms with E-state index in [0.717, 1.165) is 16.9 Å². The van der Waals surface area contributed by atoms with Crippen LogP contribution >= 0.6 is 0 Å². The van der Waals surface area contributed by atoms with Gasteiger partial charge in [-0.3, -0.25) is 5.43 Å². The summed E-state index contributed by atoms with van der Waals surface area (Å²) in [5.41, 5.74) is 5.63. The molecule has 2 N–H and O–H groups in total. The van der Waals surface area contributed by atoms with E-state index in [1.807, 2.05) is 54.6 Å². The smallest absolute Gasteiger partial charge is 0.335 e. The molecule has 0 aliphatic heterocycles. The molecule has 5 nitrogen and oxygen atoms in total. The minimum atomic E-state index is -0.971. The fourth-order valence-electron chi connectivity index (χ4n) is 2.33. The van der Waals surface area contributed by atoms with Crippen LogP contribution < -0.4 is 10.2 Å². The van der Waals surface area contributed by atoms with Crippen molar-refractivity contribution in [2.75, 3.05) is 5.43 Å². The zero-order valence-corrected chi connectivity index (χ0v) is 14.0. The number of hydrogen-bond donors (Lipinski definition) is 2. The number of nitrogens with one attached hydrogen (secondary N) is 1. The number of carboxylic acid groups (broad SMARTS) is 1. The van der Waals surface area contributed by atoms with Crippen molar-refractivity contribution in [1.82, 2.24) is 0 Å². The van der Waals surface area contributed by atoms with Crippen LogP contribution in [0.2, 0.25) is 0 Å². The standard InChI is InChI=1S/C21H18N2O3/c24-21(25)18-9-5-10-19(13-18)23-22-14-17-8-4-11-20(12-17)26-15-16-6-2-1-3-7-16/h1-14,23H,15H2,(H,24,25)/b22-14-. The van der Waals surface area contributed by atoms with Gasteiger partial charge in [-0.25, -0.2) is 4.79 Å². The summed E-state index contributed by atoms with van der Waals surface area (Å²) in [6.07, 6.45) is 1.66. The molecule has 5 heteroatoms. The van der Waals surface area contributed by atoms with E-state index in [-0.39, 0.29) is 5.56 Å². The minimum Gasteiger partial charge on any atom is -0.489 e. The van der Waals surface area contributed by atoms with Crippen LogP contribution in [0.1, 0.15) is 21.5 Å². The summed E-state index contributed by atoms with van der Waals surface area (Å²) in [6.45, 7) is 0.502. The van der Waals surface area contributed by atoms with Gasteiger partial charge in [0.25, 0.3) is 0 Å². The predicted molar refractivity (Wildman–Crippen MR) is 102 cm³/mol. The third kappa shape index (κ3) is 4.95. The molecule has 0 spiro atoms. The zero-order valence-electron chi connectivity index (χ0n) is 14.0. The summed E-state index contributed by atoms with van der Waals surface area (Å²) in [5.74, 6) is -0.216. The third-order valence-electron chi connectivity index (χ3n) is 3.62. The van der Waals surface area contributed by atoms with E-state index in [4.69, 9.17) is 9.84 Å². The summed E-state index contributed by atoms with van der Waals surface area (Å²) in [6, 6.07) is 24.0. The Morgan fingerprint density at radius 3 is 2.62 bits per heavy atom. The van der Waals surface area contributed by atoms with E-state index in [9.17, 15) is 4.79 Å². The molecule has 0 bridgehead atoms. The fraction of sp³-hybridized carbons (Fsp3) is 0.0476. The number of hydrogen-bond acceptors (Lipinski definition) is 4. The van der Waals surface area contributed by atoms with Gasteiger partial charge in [0.15, 0.2) is 0 Å². The Morgan fingerprint density at radius 1 is 1.00 bits per heavy atom. The number of aromatic carboxylic acids is 1. The van der Waals surface area contributed by atoms with Crippen molar-refractivity contribution >= 4 is 17.9 Å². The van der Waals surface area contributed by atoms with Crippen LogP contribution in [0, 0.1) is 0 Å². The van der Waals surface area contributed by atoms with Crippen molar-refractivity contribution in [2.45, 2.75) is 6.61 Å². The Balaban J connectivity index is 1.60. The van der Waals surface area contributed by atoms with E-state index in [1.165, 1.54) is 12.1 Å². The largest absolute Gasteiger partial charge is 0.489 e. The molecule has 0 amide bonds. The second-order valence-corrected chi connectivity index (χ2v) is 5.60. The van der Waals surface area contributed by atoms with Crippen molar-refractivity contribution < 1.29 is 14.6 Å². The van der Waals surface area contributed by atoms with Crippen LogP contribution in [0.15, 0.2) is 84.0 Å². The molecule has 0 saturated carbocycles. The highest BCUT2D eigenvalue weighted by Gasteiger charge is 2.02. The number of hydrazone groups is 1. The summed E-state index contributed by atoms with van der Waals surface area (Å²) < 4.78 is 5.79. The van der Waals surface area contributed by atoms with Crippen LogP contribution in [0.3, 0.4) is 0 Å². The van der Waals surface area contributed by atoms with E-state index >= 15 is 0 Å². The molecule has 3 rings (SSSR count). The van der Waals surface area contributed by atoms with Crippen molar-refractivity contribution in [3.63, 3.8) is 0 Å². The number of rotatable bonds is 7. The van der Waals surface area contributed by atoms with Crippen molar-refractivity contribution in [3.8, 4) is 5.75 Å². The molecule has 0 unspecified atom stereocenters. The quantitative estimate of drug-likeness (QED) is 0.491. The lowest BCUT2D eigenvalue weighted by molar-refractivity contribution is 0.0697. The molecule has 130 valence electrons. The van der Waals surface area contributed by atoms with Crippen LogP contribution in [-0.2, 0) is 6.61 Å². The first-order valence-corrected chi connectivity index (χ1v) is 8.10. The molecule has 0 heterocycles. The topological polar surface area (TPSA) is 70.9 Å². The van der Waals surface area contributed by atoms with Gasteiger partial charge in [0, 0.05) is 0 Å². The fourth-order valence-corrected chi connectivity index (χ4v) is 2.33. The Labute approximate surface area is 151 Å². The Hall–Kier alpha value is -3.60. The number of anilines is 1. The number of benzene rings is 3. The zero-order chi connectivity index (χ0) is 18.2. The SMILES string of the molecule is O=C(O)c1cccc(N/N=C\c2cccc(OCc3ccccc3)c2)c1. The summed E-state index contributed by atoms with van der Waals surface area (Å²) in [7, 11) is 0. The first-order chi connectivity index (χ1) is 12.7. The molecule has 3 aromatic carbocycles. The molecule has 0 aromatic heterocycles. The van der Waals surface area contributed by atoms with Gasteiger partial charge in [-0.1, -0.05) is 48.5 Å². The van der Waals surface area contributed by atoms with Crippen molar-refractivity contribution in [1.29, 1.82) is 0 Å². The molecule has 0 saturated heterocycles. The summed E-state index contributed by atoms with van der Waals surface area (Å²) in [5, 5.41) is 13.1. The van der Waals surface area contributed by atoms with E-state index < -0.39 is 5.97 Å². The van der Waals surface area contributed by atoms with Gasteiger partial charge in [-0.15, -0.1) is 0 Å². The minimum absolute atomic E-state index is 0.210. The van der Waals surface area contributed by atoms with Gasteiger partial charge in [-0.2, -0.15) is 5.10 Å². The first-order valence-electron chi connectivity index (χ1n) is 8.10. The van der Waals surface area contributed by atoms with Gasteiger partial charge >= 0.3 is 5.97 Å². The lowest BCUT2D eigenvalue weighted by Crippen LogP contribution is -1.98. The molecule has 0 fully saturated rings. The monoisotopic (exact) mass is 346 g/mol. The Kier molecular flexibility index (Phi) is 5.62. The number of carboxylic acids is 1. The second kappa shape index (κ2) is 8.48. The van der Waals surface area contributed by atoms with E-state index in [0.29, 0.717) is 12.3 Å². The molecule has 0 aliphatic carbocycles. The highest BCUT2D eigenvalue weighted by molar-refractivity contribution is 5.88. The van der Waals surface area contributed by atoms with Crippen molar-refractivity contribution in [3.05, 3.63) is 95.6 Å². The average molecular weight is 346 g/mol. The lowest BCUT2D eigenvalue weighted by atomic mass is 10.2. The van der Waals surface area contributed by atoms with Gasteiger partial charge < -0.3 is 9.84 Å². The van der Waals surface area contributed by atoms with Crippen LogP contribution in [0.25, 0.3) is 0 Å². The molecule has 0 radical (unpaired) electrons. The number of nitrogens with zero attached hydrogens (tertiary/aromatic N) is 1. The average Bonchev–Trinajstić information content (AvgIpc) is 2.68. The molecule has 26 heavy (non-hydrogen) atoms. The predicted octanol–water partition coefficient (Wildman–Crippen LogP) is 4.41. The maximum atomic E-state index is 11.0. The summed E-state index contributed by atoms with van der Waals surface area (Å²) in [4.78, 5) is 11.0. The first kappa shape index (κ1) is 17.2. The van der Waals surface area contributed by atoms with E-state index in [2.05, 4.69) is 10.5 Å². The summed E-state index contributed by atoms with van der Waals surface area (Å²) >= 11 is 0. The van der Waals surface area contributed by atoms with Crippen LogP contribution in [0.5, 0.6) is 5.75 Å². The Bertz CT molecular complexity index is 908. The van der Waals surface area contributed by atoms with Crippen LogP contribution in [0.4, 0.5) is 5.69 Å². The highest BCUT2D eigenvalue weighted by atomic mass is 16.5. The molecular formula is C21H18N2O3. The van der Waals surface area contributed by atoms with Gasteiger partial charge in [0.1, 0.15) is 12.4 Å². The second-order valence-electron chi connectivity index (χ2n) is 5.60. The lowest BCUT2D eigenvalue weighted by Gasteiger charge is -2.07. The van der Waals surface area contributed by atoms with E-state index in [1.54, 1.807) is 18.3 Å². The maximum absolute atomic E-state index is 11.0. The van der Waals surface area contributed by atoms with Crippen molar-refractivity contribution in [2.24, 2.45) is 5.10 Å². The normalized spacial score (nSPS) is 10.6. The number of ether oxygens (including phenoxy) is 1. The third-order valence-corrected chi connectivity index (χ3v) is 3.62.